The Hall–Kier alpha value is -2.55. The van der Waals surface area contributed by atoms with Gasteiger partial charge in [0.2, 0.25) is 5.13 Å². The van der Waals surface area contributed by atoms with Gasteiger partial charge < -0.3 is 9.80 Å². The quantitative estimate of drug-likeness (QED) is 0.683. The number of carbonyl (C=O) groups is 1. The molecule has 4 rings (SSSR count). The zero-order valence-electron chi connectivity index (χ0n) is 15.4. The van der Waals surface area contributed by atoms with Crippen molar-refractivity contribution in [3.63, 3.8) is 0 Å². The predicted molar refractivity (Wildman–Crippen MR) is 100.0 cm³/mol. The Bertz CT molecular complexity index is 985. The topological polar surface area (TPSA) is 79.5 Å². The average molecular weight is 371 g/mol. The minimum Gasteiger partial charge on any atom is -0.343 e. The van der Waals surface area contributed by atoms with Crippen molar-refractivity contribution in [3.05, 3.63) is 33.7 Å². The molecule has 4 heterocycles. The summed E-state index contributed by atoms with van der Waals surface area (Å²) in [5.74, 6) is 0.00287. The number of hydrogen-bond donors (Lipinski definition) is 0. The molecule has 0 bridgehead atoms. The maximum absolute atomic E-state index is 13.2. The molecule has 136 valence electrons. The highest BCUT2D eigenvalue weighted by molar-refractivity contribution is 7.15. The number of piperazine rings is 1. The highest BCUT2D eigenvalue weighted by atomic mass is 32.1. The molecule has 8 nitrogen and oxygen atoms in total. The maximum Gasteiger partial charge on any atom is 0.259 e. The molecule has 0 radical (unpaired) electrons. The van der Waals surface area contributed by atoms with Gasteiger partial charge in [-0.05, 0) is 33.8 Å². The molecule has 0 unspecified atom stereocenters. The summed E-state index contributed by atoms with van der Waals surface area (Å²) >= 11 is 1.59. The molecule has 0 atom stereocenters. The van der Waals surface area contributed by atoms with Gasteiger partial charge in [0.1, 0.15) is 10.6 Å². The van der Waals surface area contributed by atoms with Gasteiger partial charge >= 0.3 is 0 Å². The highest BCUT2D eigenvalue weighted by Gasteiger charge is 2.28. The molecule has 3 aromatic rings. The van der Waals surface area contributed by atoms with Crippen molar-refractivity contribution in [1.29, 1.82) is 0 Å². The number of fused-ring (bicyclic) bond motifs is 1. The van der Waals surface area contributed by atoms with Crippen LogP contribution in [-0.2, 0) is 0 Å². The molecule has 0 N–H and O–H groups in total. The second-order valence-corrected chi connectivity index (χ2v) is 7.78. The molecule has 1 fully saturated rings. The van der Waals surface area contributed by atoms with Crippen molar-refractivity contribution in [2.24, 2.45) is 0 Å². The van der Waals surface area contributed by atoms with Crippen LogP contribution in [0.15, 0.2) is 6.07 Å². The van der Waals surface area contributed by atoms with Gasteiger partial charge in [0, 0.05) is 37.6 Å². The van der Waals surface area contributed by atoms with Crippen LogP contribution in [0.3, 0.4) is 0 Å². The van der Waals surface area contributed by atoms with Crippen LogP contribution in [0.4, 0.5) is 5.13 Å². The second-order valence-electron chi connectivity index (χ2n) is 6.62. The molecular weight excluding hydrogens is 350 g/mol. The summed E-state index contributed by atoms with van der Waals surface area (Å²) in [5, 5.41) is 14.7. The summed E-state index contributed by atoms with van der Waals surface area (Å²) < 4.78 is 1.76. The Balaban J connectivity index is 1.57. The van der Waals surface area contributed by atoms with Crippen molar-refractivity contribution < 1.29 is 4.79 Å². The fourth-order valence-corrected chi connectivity index (χ4v) is 4.09. The third-order valence-corrected chi connectivity index (χ3v) is 5.54. The lowest BCUT2D eigenvalue weighted by atomic mass is 10.2. The first kappa shape index (κ1) is 16.9. The lowest BCUT2D eigenvalue weighted by Gasteiger charge is -2.34. The van der Waals surface area contributed by atoms with E-state index in [1.165, 1.54) is 0 Å². The zero-order valence-corrected chi connectivity index (χ0v) is 16.2. The first-order valence-corrected chi connectivity index (χ1v) is 9.43. The van der Waals surface area contributed by atoms with E-state index < -0.39 is 0 Å². The molecule has 1 aliphatic rings. The number of carbonyl (C=O) groups excluding carboxylic acids is 1. The zero-order chi connectivity index (χ0) is 18.4. The summed E-state index contributed by atoms with van der Waals surface area (Å²) in [4.78, 5) is 21.8. The van der Waals surface area contributed by atoms with E-state index in [9.17, 15) is 4.79 Å². The molecule has 1 amide bonds. The molecule has 26 heavy (non-hydrogen) atoms. The van der Waals surface area contributed by atoms with E-state index in [4.69, 9.17) is 0 Å². The molecule has 3 aromatic heterocycles. The van der Waals surface area contributed by atoms with Gasteiger partial charge in [-0.15, -0.1) is 10.2 Å². The number of amides is 1. The van der Waals surface area contributed by atoms with E-state index in [-0.39, 0.29) is 5.91 Å². The molecule has 0 aliphatic carbocycles. The van der Waals surface area contributed by atoms with E-state index in [0.717, 1.165) is 40.3 Å². The summed E-state index contributed by atoms with van der Waals surface area (Å²) in [5.41, 5.74) is 3.84. The summed E-state index contributed by atoms with van der Waals surface area (Å²) in [6.07, 6.45) is 0. The van der Waals surface area contributed by atoms with E-state index in [1.807, 2.05) is 38.7 Å². The number of nitrogens with zero attached hydrogens (tertiary/aromatic N) is 7. The Morgan fingerprint density at radius 3 is 2.46 bits per heavy atom. The van der Waals surface area contributed by atoms with Gasteiger partial charge in [-0.3, -0.25) is 4.79 Å². The Kier molecular flexibility index (Phi) is 4.10. The van der Waals surface area contributed by atoms with E-state index in [2.05, 4.69) is 25.2 Å². The number of hydrogen-bond acceptors (Lipinski definition) is 7. The number of rotatable bonds is 2. The maximum atomic E-state index is 13.2. The lowest BCUT2D eigenvalue weighted by Crippen LogP contribution is -2.49. The minimum absolute atomic E-state index is 0.00287. The Morgan fingerprint density at radius 2 is 1.81 bits per heavy atom. The molecular formula is C17H21N7OS. The standard InChI is InChI=1S/C17H21N7OS/c1-10-9-11(2)24-15(18-10)14(12(3)21-24)16(25)22-5-7-23(8-6-22)17-20-19-13(4)26-17/h9H,5-8H2,1-4H3. The van der Waals surface area contributed by atoms with Gasteiger partial charge in [-0.25, -0.2) is 9.50 Å². The van der Waals surface area contributed by atoms with Crippen LogP contribution in [0, 0.1) is 27.7 Å². The van der Waals surface area contributed by atoms with Gasteiger partial charge in [0.25, 0.3) is 5.91 Å². The third kappa shape index (κ3) is 2.82. The Morgan fingerprint density at radius 1 is 1.08 bits per heavy atom. The molecule has 1 aliphatic heterocycles. The Labute approximate surface area is 155 Å². The van der Waals surface area contributed by atoms with Crippen molar-refractivity contribution in [2.75, 3.05) is 31.1 Å². The highest BCUT2D eigenvalue weighted by Crippen LogP contribution is 2.23. The molecule has 0 saturated carbocycles. The van der Waals surface area contributed by atoms with Crippen LogP contribution in [-0.4, -0.2) is 61.8 Å². The van der Waals surface area contributed by atoms with E-state index in [0.29, 0.717) is 24.3 Å². The smallest absolute Gasteiger partial charge is 0.259 e. The number of aromatic nitrogens is 5. The van der Waals surface area contributed by atoms with Crippen LogP contribution >= 0.6 is 11.3 Å². The fourth-order valence-electron chi connectivity index (χ4n) is 3.35. The van der Waals surface area contributed by atoms with E-state index >= 15 is 0 Å². The first-order chi connectivity index (χ1) is 12.4. The average Bonchev–Trinajstić information content (AvgIpc) is 3.18. The van der Waals surface area contributed by atoms with Gasteiger partial charge in [0.05, 0.1) is 5.69 Å². The largest absolute Gasteiger partial charge is 0.343 e. The summed E-state index contributed by atoms with van der Waals surface area (Å²) in [6.45, 7) is 10.5. The van der Waals surface area contributed by atoms with Crippen LogP contribution < -0.4 is 4.90 Å². The van der Waals surface area contributed by atoms with E-state index in [1.54, 1.807) is 15.9 Å². The molecule has 0 spiro atoms. The van der Waals surface area contributed by atoms with Gasteiger partial charge in [-0.1, -0.05) is 11.3 Å². The monoisotopic (exact) mass is 371 g/mol. The normalized spacial score (nSPS) is 15.1. The molecule has 0 aromatic carbocycles. The predicted octanol–water partition coefficient (Wildman–Crippen LogP) is 1.78. The first-order valence-electron chi connectivity index (χ1n) is 8.62. The summed E-state index contributed by atoms with van der Waals surface area (Å²) in [6, 6.07) is 1.97. The lowest BCUT2D eigenvalue weighted by molar-refractivity contribution is 0.0747. The van der Waals surface area contributed by atoms with Crippen molar-refractivity contribution in [1.82, 2.24) is 29.7 Å². The molecule has 1 saturated heterocycles. The van der Waals surface area contributed by atoms with Crippen LogP contribution in [0.25, 0.3) is 5.65 Å². The van der Waals surface area contributed by atoms with Crippen molar-refractivity contribution in [3.8, 4) is 0 Å². The second kappa shape index (κ2) is 6.31. The number of aryl methyl sites for hydroxylation is 4. The van der Waals surface area contributed by atoms with Crippen molar-refractivity contribution >= 4 is 28.0 Å². The molecule has 9 heteroatoms. The van der Waals surface area contributed by atoms with Crippen molar-refractivity contribution in [2.45, 2.75) is 27.7 Å². The van der Waals surface area contributed by atoms with Gasteiger partial charge in [-0.2, -0.15) is 5.10 Å². The SMILES string of the molecule is Cc1cc(C)n2nc(C)c(C(=O)N3CCN(c4nnc(C)s4)CC3)c2n1. The van der Waals surface area contributed by atoms with Crippen LogP contribution in [0.5, 0.6) is 0 Å². The van der Waals surface area contributed by atoms with Crippen LogP contribution in [0.2, 0.25) is 0 Å². The fraction of sp³-hybridized carbons (Fsp3) is 0.471. The number of anilines is 1. The van der Waals surface area contributed by atoms with Crippen LogP contribution in [0.1, 0.15) is 32.4 Å². The minimum atomic E-state index is 0.00287. The summed E-state index contributed by atoms with van der Waals surface area (Å²) in [7, 11) is 0. The van der Waals surface area contributed by atoms with Gasteiger partial charge in [0.15, 0.2) is 5.65 Å². The third-order valence-electron chi connectivity index (χ3n) is 4.64.